The maximum atomic E-state index is 11.6. The van der Waals surface area contributed by atoms with Crippen LogP contribution in [0.2, 0.25) is 0 Å². The van der Waals surface area contributed by atoms with Crippen molar-refractivity contribution in [3.8, 4) is 0 Å². The van der Waals surface area contributed by atoms with Crippen LogP contribution in [0.5, 0.6) is 0 Å². The van der Waals surface area contributed by atoms with E-state index >= 15 is 0 Å². The first-order valence-electron chi connectivity index (χ1n) is 7.27. The van der Waals surface area contributed by atoms with Gasteiger partial charge in [0.1, 0.15) is 5.82 Å². The lowest BCUT2D eigenvalue weighted by Crippen LogP contribution is -2.52. The number of nitrogens with one attached hydrogen (secondary N) is 2. The lowest BCUT2D eigenvalue weighted by Gasteiger charge is -2.37. The van der Waals surface area contributed by atoms with Crippen molar-refractivity contribution >= 4 is 17.5 Å². The molecule has 2 amide bonds. The van der Waals surface area contributed by atoms with Crippen LogP contribution in [0.4, 0.5) is 16.3 Å². The van der Waals surface area contributed by atoms with Gasteiger partial charge in [-0.15, -0.1) is 0 Å². The number of amides is 2. The van der Waals surface area contributed by atoms with Crippen LogP contribution in [0.3, 0.4) is 0 Å². The van der Waals surface area contributed by atoms with Crippen LogP contribution in [-0.2, 0) is 0 Å². The molecule has 6 nitrogen and oxygen atoms in total. The maximum absolute atomic E-state index is 11.6. The van der Waals surface area contributed by atoms with Crippen molar-refractivity contribution in [1.29, 1.82) is 0 Å². The molecule has 0 bridgehead atoms. The molecule has 2 fully saturated rings. The summed E-state index contributed by atoms with van der Waals surface area (Å²) < 4.78 is 0. The van der Waals surface area contributed by atoms with Crippen LogP contribution in [0.15, 0.2) is 18.3 Å². The summed E-state index contributed by atoms with van der Waals surface area (Å²) in [5.74, 6) is 0.924. The molecule has 0 aromatic carbocycles. The number of aromatic nitrogens is 1. The highest BCUT2D eigenvalue weighted by Crippen LogP contribution is 2.22. The number of fused-ring (bicyclic) bond motifs is 1. The summed E-state index contributed by atoms with van der Waals surface area (Å²) in [7, 11) is 0. The molecule has 0 radical (unpaired) electrons. The van der Waals surface area contributed by atoms with Gasteiger partial charge in [-0.25, -0.2) is 9.78 Å². The summed E-state index contributed by atoms with van der Waals surface area (Å²) in [6.45, 7) is 6.38. The molecule has 1 aromatic heterocycles. The summed E-state index contributed by atoms with van der Waals surface area (Å²) in [5, 5.41) is 6.22. The van der Waals surface area contributed by atoms with E-state index in [1.807, 2.05) is 17.2 Å². The summed E-state index contributed by atoms with van der Waals surface area (Å²) >= 11 is 0. The third kappa shape index (κ3) is 2.50. The zero-order chi connectivity index (χ0) is 13.9. The molecule has 3 rings (SSSR count). The topological polar surface area (TPSA) is 60.5 Å². The molecule has 108 valence electrons. The summed E-state index contributed by atoms with van der Waals surface area (Å²) in [6, 6.07) is 4.50. The fraction of sp³-hybridized carbons (Fsp3) is 0.571. The van der Waals surface area contributed by atoms with E-state index in [2.05, 4.69) is 33.5 Å². The van der Waals surface area contributed by atoms with Crippen molar-refractivity contribution in [1.82, 2.24) is 15.2 Å². The van der Waals surface area contributed by atoms with Gasteiger partial charge in [-0.2, -0.15) is 0 Å². The number of piperazine rings is 1. The average Bonchev–Trinajstić information content (AvgIpc) is 2.86. The van der Waals surface area contributed by atoms with Gasteiger partial charge in [0.25, 0.3) is 0 Å². The van der Waals surface area contributed by atoms with Gasteiger partial charge in [0.15, 0.2) is 0 Å². The van der Waals surface area contributed by atoms with Crippen molar-refractivity contribution in [2.45, 2.75) is 19.4 Å². The van der Waals surface area contributed by atoms with Crippen LogP contribution >= 0.6 is 0 Å². The Bertz CT molecular complexity index is 492. The van der Waals surface area contributed by atoms with Gasteiger partial charge >= 0.3 is 6.03 Å². The first-order chi connectivity index (χ1) is 9.78. The molecule has 3 heterocycles. The molecule has 0 spiro atoms. The number of nitrogens with zero attached hydrogens (tertiary/aromatic N) is 3. The smallest absolute Gasteiger partial charge is 0.317 e. The quantitative estimate of drug-likeness (QED) is 0.864. The molecule has 1 aromatic rings. The van der Waals surface area contributed by atoms with E-state index in [1.165, 1.54) is 5.69 Å². The van der Waals surface area contributed by atoms with Gasteiger partial charge in [0.2, 0.25) is 0 Å². The van der Waals surface area contributed by atoms with Gasteiger partial charge < -0.3 is 20.4 Å². The third-order valence-corrected chi connectivity index (χ3v) is 3.90. The summed E-state index contributed by atoms with van der Waals surface area (Å²) in [6.07, 6.45) is 2.93. The second-order valence-corrected chi connectivity index (χ2v) is 5.31. The zero-order valence-corrected chi connectivity index (χ0v) is 11.8. The minimum absolute atomic E-state index is 0.0784. The van der Waals surface area contributed by atoms with Gasteiger partial charge in [-0.05, 0) is 12.5 Å². The molecular weight excluding hydrogens is 254 g/mol. The number of carbonyl (C=O) groups is 1. The van der Waals surface area contributed by atoms with Crippen LogP contribution < -0.4 is 15.5 Å². The van der Waals surface area contributed by atoms with Crippen molar-refractivity contribution < 1.29 is 4.79 Å². The zero-order valence-electron chi connectivity index (χ0n) is 11.8. The highest BCUT2D eigenvalue weighted by Gasteiger charge is 2.35. The van der Waals surface area contributed by atoms with Crippen molar-refractivity contribution in [3.63, 3.8) is 0 Å². The fourth-order valence-electron chi connectivity index (χ4n) is 2.80. The van der Waals surface area contributed by atoms with E-state index in [9.17, 15) is 4.79 Å². The fourth-order valence-corrected chi connectivity index (χ4v) is 2.80. The van der Waals surface area contributed by atoms with Crippen LogP contribution in [-0.4, -0.2) is 54.7 Å². The molecule has 2 aliphatic rings. The third-order valence-electron chi connectivity index (χ3n) is 3.90. The number of hydrogen-bond donors (Lipinski definition) is 2. The molecule has 0 aliphatic carbocycles. The Kier molecular flexibility index (Phi) is 3.62. The van der Waals surface area contributed by atoms with Gasteiger partial charge in [0, 0.05) is 50.7 Å². The second kappa shape index (κ2) is 5.56. The number of rotatable bonds is 4. The average molecular weight is 275 g/mol. The van der Waals surface area contributed by atoms with Gasteiger partial charge in [-0.3, -0.25) is 0 Å². The molecule has 20 heavy (non-hydrogen) atoms. The number of anilines is 2. The van der Waals surface area contributed by atoms with E-state index in [4.69, 9.17) is 0 Å². The summed E-state index contributed by atoms with van der Waals surface area (Å²) in [4.78, 5) is 20.2. The molecular formula is C14H21N5O. The number of urea groups is 1. The molecule has 2 saturated heterocycles. The molecule has 2 aliphatic heterocycles. The lowest BCUT2D eigenvalue weighted by atomic mass is 10.2. The van der Waals surface area contributed by atoms with Crippen molar-refractivity contribution in [2.24, 2.45) is 0 Å². The van der Waals surface area contributed by atoms with E-state index in [1.54, 1.807) is 0 Å². The normalized spacial score (nSPS) is 21.6. The number of pyridine rings is 1. The van der Waals surface area contributed by atoms with E-state index in [-0.39, 0.29) is 12.1 Å². The predicted molar refractivity (Wildman–Crippen MR) is 79.1 cm³/mol. The molecule has 2 N–H and O–H groups in total. The predicted octanol–water partition coefficient (Wildman–Crippen LogP) is 1.12. The van der Waals surface area contributed by atoms with Crippen molar-refractivity contribution in [3.05, 3.63) is 18.3 Å². The van der Waals surface area contributed by atoms with Gasteiger partial charge in [0.05, 0.1) is 6.04 Å². The molecule has 1 atom stereocenters. The van der Waals surface area contributed by atoms with Crippen LogP contribution in [0, 0.1) is 0 Å². The van der Waals surface area contributed by atoms with Gasteiger partial charge in [-0.1, -0.05) is 6.92 Å². The molecule has 1 unspecified atom stereocenters. The number of carbonyl (C=O) groups excluding carboxylic acids is 1. The minimum atomic E-state index is 0.0784. The molecule has 6 heteroatoms. The van der Waals surface area contributed by atoms with E-state index in [0.29, 0.717) is 0 Å². The minimum Gasteiger partial charge on any atom is -0.370 e. The Hall–Kier alpha value is -1.98. The Morgan fingerprint density at radius 2 is 2.40 bits per heavy atom. The summed E-state index contributed by atoms with van der Waals surface area (Å²) in [5.41, 5.74) is 1.18. The molecule has 0 saturated carbocycles. The highest BCUT2D eigenvalue weighted by atomic mass is 16.2. The Labute approximate surface area is 119 Å². The Morgan fingerprint density at radius 1 is 1.50 bits per heavy atom. The Morgan fingerprint density at radius 3 is 3.25 bits per heavy atom. The standard InChI is InChI=1S/C14H21N5O/c1-2-4-15-13-8-11(3-5-16-13)18-6-7-19-12(10-18)9-17-14(19)20/h3,5,8,12H,2,4,6-7,9-10H2,1H3,(H,15,16)(H,17,20). The maximum Gasteiger partial charge on any atom is 0.317 e. The highest BCUT2D eigenvalue weighted by molar-refractivity contribution is 5.77. The first-order valence-corrected chi connectivity index (χ1v) is 7.27. The largest absolute Gasteiger partial charge is 0.370 e. The van der Waals surface area contributed by atoms with Crippen molar-refractivity contribution in [2.75, 3.05) is 42.9 Å². The Balaban J connectivity index is 1.69. The number of hydrogen-bond acceptors (Lipinski definition) is 4. The second-order valence-electron chi connectivity index (χ2n) is 5.31. The lowest BCUT2D eigenvalue weighted by molar-refractivity contribution is 0.197. The first kappa shape index (κ1) is 13.0. The SMILES string of the molecule is CCCNc1cc(N2CCN3C(=O)NCC3C2)ccn1. The van der Waals surface area contributed by atoms with Crippen LogP contribution in [0.25, 0.3) is 0 Å². The van der Waals surface area contributed by atoms with E-state index in [0.717, 1.165) is 45.0 Å². The van der Waals surface area contributed by atoms with E-state index < -0.39 is 0 Å². The monoisotopic (exact) mass is 275 g/mol. The van der Waals surface area contributed by atoms with Crippen LogP contribution in [0.1, 0.15) is 13.3 Å².